The quantitative estimate of drug-likeness (QED) is 0.594. The van der Waals surface area contributed by atoms with Crippen molar-refractivity contribution in [3.8, 4) is 0 Å². The fourth-order valence-electron chi connectivity index (χ4n) is 1.77. The van der Waals surface area contributed by atoms with E-state index in [1.54, 1.807) is 0 Å². The van der Waals surface area contributed by atoms with Gasteiger partial charge in [-0.2, -0.15) is 13.1 Å². The zero-order valence-electron chi connectivity index (χ0n) is 10.3. The number of unbranched alkanes of at least 4 members (excludes halogenated alkanes) is 2. The van der Waals surface area contributed by atoms with Gasteiger partial charge in [-0.15, -0.1) is 0 Å². The van der Waals surface area contributed by atoms with Crippen LogP contribution in [-0.4, -0.2) is 13.0 Å². The number of benzene rings is 1. The molecule has 0 saturated carbocycles. The van der Waals surface area contributed by atoms with Crippen LogP contribution in [0.3, 0.4) is 0 Å². The minimum absolute atomic E-state index is 0.377. The molecule has 1 rings (SSSR count). The molecule has 1 unspecified atom stereocenters. The van der Waals surface area contributed by atoms with Crippen molar-refractivity contribution in [3.63, 3.8) is 0 Å². The van der Waals surface area contributed by atoms with Crippen LogP contribution in [0.25, 0.3) is 0 Å². The Kier molecular flexibility index (Phi) is 5.71. The summed E-state index contributed by atoms with van der Waals surface area (Å²) >= 11 is 0. The fourth-order valence-corrected chi connectivity index (χ4v) is 2.38. The first-order chi connectivity index (χ1) is 8.42. The van der Waals surface area contributed by atoms with Gasteiger partial charge in [-0.3, -0.25) is 4.55 Å². The molecule has 0 saturated heterocycles. The molecule has 0 bridgehead atoms. The van der Waals surface area contributed by atoms with Crippen LogP contribution in [0.5, 0.6) is 0 Å². The van der Waals surface area contributed by atoms with E-state index in [1.165, 1.54) is 24.3 Å². The summed E-state index contributed by atoms with van der Waals surface area (Å²) in [4.78, 5) is 0. The number of hydrogen-bond acceptors (Lipinski definition) is 2. The molecule has 0 heterocycles. The van der Waals surface area contributed by atoms with Crippen molar-refractivity contribution >= 4 is 10.3 Å². The molecule has 0 fully saturated rings. The Hall–Kier alpha value is -0.980. The third kappa shape index (κ3) is 5.57. The maximum absolute atomic E-state index is 12.8. The summed E-state index contributed by atoms with van der Waals surface area (Å²) in [7, 11) is -4.26. The first kappa shape index (κ1) is 15.1. The van der Waals surface area contributed by atoms with Crippen molar-refractivity contribution in [1.82, 2.24) is 4.72 Å². The number of hydrogen-bond donors (Lipinski definition) is 2. The molecule has 2 N–H and O–H groups in total. The fraction of sp³-hybridized carbons (Fsp3) is 0.500. The Morgan fingerprint density at radius 3 is 2.39 bits per heavy atom. The van der Waals surface area contributed by atoms with E-state index >= 15 is 0 Å². The highest BCUT2D eigenvalue weighted by Gasteiger charge is 2.16. The van der Waals surface area contributed by atoms with Crippen LogP contribution in [-0.2, 0) is 10.3 Å². The van der Waals surface area contributed by atoms with Gasteiger partial charge < -0.3 is 0 Å². The summed E-state index contributed by atoms with van der Waals surface area (Å²) in [6.45, 7) is 2.04. The molecule has 1 aromatic carbocycles. The van der Waals surface area contributed by atoms with E-state index in [0.717, 1.165) is 19.3 Å². The largest absolute Gasteiger partial charge is 0.333 e. The summed E-state index contributed by atoms with van der Waals surface area (Å²) in [5, 5.41) is 0. The molecule has 0 radical (unpaired) electrons. The van der Waals surface area contributed by atoms with E-state index < -0.39 is 16.3 Å². The van der Waals surface area contributed by atoms with Crippen molar-refractivity contribution < 1.29 is 17.4 Å². The van der Waals surface area contributed by atoms with Crippen LogP contribution in [0.15, 0.2) is 24.3 Å². The van der Waals surface area contributed by atoms with Gasteiger partial charge in [0.05, 0.1) is 0 Å². The minimum atomic E-state index is -4.26. The summed E-state index contributed by atoms with van der Waals surface area (Å²) in [5.41, 5.74) is 0.644. The van der Waals surface area contributed by atoms with Crippen LogP contribution in [0.2, 0.25) is 0 Å². The van der Waals surface area contributed by atoms with Crippen molar-refractivity contribution in [2.75, 3.05) is 0 Å². The average molecular weight is 275 g/mol. The van der Waals surface area contributed by atoms with Crippen LogP contribution in [0, 0.1) is 5.82 Å². The Labute approximate surface area is 107 Å². The smallest absolute Gasteiger partial charge is 0.273 e. The second kappa shape index (κ2) is 6.82. The van der Waals surface area contributed by atoms with Gasteiger partial charge in [0, 0.05) is 6.04 Å². The van der Waals surface area contributed by atoms with Crippen molar-refractivity contribution in [3.05, 3.63) is 35.6 Å². The van der Waals surface area contributed by atoms with Crippen molar-refractivity contribution in [2.24, 2.45) is 0 Å². The van der Waals surface area contributed by atoms with Crippen LogP contribution in [0.4, 0.5) is 4.39 Å². The molecule has 102 valence electrons. The predicted molar refractivity (Wildman–Crippen MR) is 68.0 cm³/mol. The lowest BCUT2D eigenvalue weighted by atomic mass is 10.0. The monoisotopic (exact) mass is 275 g/mol. The standard InChI is InChI=1S/C12H18FNO3S/c1-2-3-4-5-12(14-18(15,16)17)10-6-8-11(13)9-7-10/h6-9,12,14H,2-5H2,1H3,(H,15,16,17). The number of rotatable bonds is 7. The van der Waals surface area contributed by atoms with E-state index in [0.29, 0.717) is 12.0 Å². The maximum Gasteiger partial charge on any atom is 0.333 e. The van der Waals surface area contributed by atoms with Crippen LogP contribution < -0.4 is 4.72 Å². The summed E-state index contributed by atoms with van der Waals surface area (Å²) < 4.78 is 45.6. The normalized spacial score (nSPS) is 13.5. The molecular formula is C12H18FNO3S. The van der Waals surface area contributed by atoms with Gasteiger partial charge in [0.15, 0.2) is 0 Å². The molecule has 1 atom stereocenters. The number of nitrogens with one attached hydrogen (secondary N) is 1. The second-order valence-electron chi connectivity index (χ2n) is 4.19. The Morgan fingerprint density at radius 1 is 1.28 bits per heavy atom. The maximum atomic E-state index is 12.8. The molecule has 1 aromatic rings. The zero-order chi connectivity index (χ0) is 13.6. The average Bonchev–Trinajstić information content (AvgIpc) is 2.27. The van der Waals surface area contributed by atoms with Gasteiger partial charge in [-0.05, 0) is 24.1 Å². The van der Waals surface area contributed by atoms with Gasteiger partial charge in [0.2, 0.25) is 0 Å². The lowest BCUT2D eigenvalue weighted by Gasteiger charge is -2.17. The highest BCUT2D eigenvalue weighted by molar-refractivity contribution is 7.83. The third-order valence-electron chi connectivity index (χ3n) is 2.66. The second-order valence-corrected chi connectivity index (χ2v) is 5.38. The molecule has 0 aromatic heterocycles. The van der Waals surface area contributed by atoms with Gasteiger partial charge >= 0.3 is 10.3 Å². The van der Waals surface area contributed by atoms with E-state index in [2.05, 4.69) is 4.72 Å². The predicted octanol–water partition coefficient (Wildman–Crippen LogP) is 2.84. The third-order valence-corrected chi connectivity index (χ3v) is 3.24. The van der Waals surface area contributed by atoms with Crippen molar-refractivity contribution in [1.29, 1.82) is 0 Å². The van der Waals surface area contributed by atoms with Crippen LogP contribution in [0.1, 0.15) is 44.2 Å². The molecule has 0 aliphatic heterocycles. The first-order valence-corrected chi connectivity index (χ1v) is 7.36. The van der Waals surface area contributed by atoms with Gasteiger partial charge in [-0.1, -0.05) is 38.3 Å². The van der Waals surface area contributed by atoms with Gasteiger partial charge in [0.1, 0.15) is 5.82 Å². The molecule has 6 heteroatoms. The minimum Gasteiger partial charge on any atom is -0.273 e. The Bertz CT molecular complexity index is 459. The highest BCUT2D eigenvalue weighted by atomic mass is 32.2. The first-order valence-electron chi connectivity index (χ1n) is 5.92. The molecule has 18 heavy (non-hydrogen) atoms. The van der Waals surface area contributed by atoms with E-state index in [9.17, 15) is 12.8 Å². The lowest BCUT2D eigenvalue weighted by Crippen LogP contribution is -2.27. The van der Waals surface area contributed by atoms with E-state index in [-0.39, 0.29) is 5.82 Å². The molecule has 0 aliphatic rings. The molecule has 0 spiro atoms. The lowest BCUT2D eigenvalue weighted by molar-refractivity contribution is 0.442. The summed E-state index contributed by atoms with van der Waals surface area (Å²) in [6, 6.07) is 5.06. The van der Waals surface area contributed by atoms with Gasteiger partial charge in [-0.25, -0.2) is 4.39 Å². The van der Waals surface area contributed by atoms with Crippen molar-refractivity contribution in [2.45, 2.75) is 38.6 Å². The summed E-state index contributed by atoms with van der Waals surface area (Å²) in [6.07, 6.45) is 3.40. The molecule has 0 aliphatic carbocycles. The molecule has 4 nitrogen and oxygen atoms in total. The van der Waals surface area contributed by atoms with Gasteiger partial charge in [0.25, 0.3) is 0 Å². The van der Waals surface area contributed by atoms with E-state index in [4.69, 9.17) is 4.55 Å². The molecular weight excluding hydrogens is 257 g/mol. The number of halogens is 1. The van der Waals surface area contributed by atoms with Crippen LogP contribution >= 0.6 is 0 Å². The SMILES string of the molecule is CCCCCC(NS(=O)(=O)O)c1ccc(F)cc1. The Morgan fingerprint density at radius 2 is 1.89 bits per heavy atom. The zero-order valence-corrected chi connectivity index (χ0v) is 11.1. The highest BCUT2D eigenvalue weighted by Crippen LogP contribution is 2.21. The summed E-state index contributed by atoms with van der Waals surface area (Å²) in [5.74, 6) is -0.377. The molecule has 0 amide bonds. The Balaban J connectivity index is 2.79. The van der Waals surface area contributed by atoms with E-state index in [1.807, 2.05) is 6.92 Å². The topological polar surface area (TPSA) is 66.4 Å².